The summed E-state index contributed by atoms with van der Waals surface area (Å²) in [5.41, 5.74) is 6.95. The highest BCUT2D eigenvalue weighted by Crippen LogP contribution is 2.39. The van der Waals surface area contributed by atoms with Crippen molar-refractivity contribution in [3.05, 3.63) is 82.4 Å². The number of benzene rings is 3. The van der Waals surface area contributed by atoms with E-state index in [1.165, 1.54) is 0 Å². The van der Waals surface area contributed by atoms with Gasteiger partial charge in [0.05, 0.1) is 17.6 Å². The number of fused-ring (bicyclic) bond motifs is 4. The molecule has 11 heteroatoms. The van der Waals surface area contributed by atoms with Crippen LogP contribution in [0.25, 0.3) is 11.0 Å². The predicted octanol–water partition coefficient (Wildman–Crippen LogP) is 4.96. The molecular weight excluding hydrogens is 571 g/mol. The van der Waals surface area contributed by atoms with E-state index in [-0.39, 0.29) is 32.5 Å². The Morgan fingerprint density at radius 2 is 1.90 bits per heavy atom. The van der Waals surface area contributed by atoms with Crippen molar-refractivity contribution in [2.75, 3.05) is 18.0 Å². The Morgan fingerprint density at radius 3 is 2.67 bits per heavy atom. The van der Waals surface area contributed by atoms with Gasteiger partial charge >= 0.3 is 5.97 Å². The van der Waals surface area contributed by atoms with Crippen molar-refractivity contribution in [1.82, 2.24) is 19.3 Å². The van der Waals surface area contributed by atoms with Gasteiger partial charge in [-0.05, 0) is 79.6 Å². The molecule has 0 amide bonds. The number of rotatable bonds is 7. The summed E-state index contributed by atoms with van der Waals surface area (Å²) >= 11 is 0. The average molecular weight is 608 g/mol. The average Bonchev–Trinajstić information content (AvgIpc) is 3.58. The van der Waals surface area contributed by atoms with E-state index in [9.17, 15) is 18.3 Å². The lowest BCUT2D eigenvalue weighted by Gasteiger charge is -2.27. The summed E-state index contributed by atoms with van der Waals surface area (Å²) in [6.45, 7) is 8.14. The molecule has 1 N–H and O–H groups in total. The van der Waals surface area contributed by atoms with E-state index in [1.54, 1.807) is 16.4 Å². The summed E-state index contributed by atoms with van der Waals surface area (Å²) in [5.74, 6) is -1.32. The van der Waals surface area contributed by atoms with Crippen LogP contribution in [0.5, 0.6) is 0 Å². The Kier molecular flexibility index (Phi) is 8.37. The number of carbonyl (C=O) groups is 1. The number of sulfonamides is 1. The van der Waals surface area contributed by atoms with Crippen LogP contribution < -0.4 is 4.90 Å². The number of carboxylic acids is 1. The minimum Gasteiger partial charge on any atom is -0.481 e. The van der Waals surface area contributed by atoms with Gasteiger partial charge in [-0.1, -0.05) is 41.6 Å². The number of aliphatic carboxylic acids is 1. The highest BCUT2D eigenvalue weighted by Gasteiger charge is 2.39. The molecule has 1 fully saturated rings. The Morgan fingerprint density at radius 1 is 1.12 bits per heavy atom. The molecule has 2 aliphatic rings. The second-order valence-corrected chi connectivity index (χ2v) is 13.1. The van der Waals surface area contributed by atoms with Crippen LogP contribution >= 0.6 is 13.5 Å². The summed E-state index contributed by atoms with van der Waals surface area (Å²) in [6, 6.07) is 17.3. The Bertz CT molecular complexity index is 1750. The number of aryl methyl sites for hydroxylation is 3. The number of para-hydroxylation sites is 1. The zero-order valence-corrected chi connectivity index (χ0v) is 25.9. The van der Waals surface area contributed by atoms with Crippen molar-refractivity contribution in [2.24, 2.45) is 0 Å². The molecule has 0 spiro atoms. The summed E-state index contributed by atoms with van der Waals surface area (Å²) in [6.07, 6.45) is 1.89. The van der Waals surface area contributed by atoms with Crippen LogP contribution in [0.3, 0.4) is 0 Å². The van der Waals surface area contributed by atoms with Gasteiger partial charge in [0.25, 0.3) is 0 Å². The van der Waals surface area contributed by atoms with Crippen LogP contribution in [0, 0.1) is 13.8 Å². The Balaban J connectivity index is 0.00000353. The van der Waals surface area contributed by atoms with Crippen molar-refractivity contribution >= 4 is 46.2 Å². The molecule has 0 bridgehead atoms. The standard InChI is InChI=1S/C31H35N5O4S.H2S/c1-4-36-28-14-13-25(21(3)31(28)32-33-36)26(17-30(37)38)22-12-11-20(2)23(16-22)18-34-19-24-8-7-15-35(24)27-9-5-6-10-29(27)41(34,39)40;/h5-6,9-14,16,24,26H,4,7-8,15,17-19H2,1-3H3,(H,37,38);1H2/t24-,26-;/m0./s1. The first-order valence-electron chi connectivity index (χ1n) is 14.2. The summed E-state index contributed by atoms with van der Waals surface area (Å²) in [5, 5.41) is 18.5. The van der Waals surface area contributed by atoms with E-state index >= 15 is 0 Å². The molecule has 42 heavy (non-hydrogen) atoms. The largest absolute Gasteiger partial charge is 0.481 e. The molecule has 0 saturated carbocycles. The fourth-order valence-corrected chi connectivity index (χ4v) is 8.18. The van der Waals surface area contributed by atoms with Gasteiger partial charge in [-0.25, -0.2) is 13.1 Å². The van der Waals surface area contributed by atoms with E-state index in [0.29, 0.717) is 18.0 Å². The molecule has 222 valence electrons. The first kappa shape index (κ1) is 30.1. The maximum absolute atomic E-state index is 14.0. The molecule has 6 rings (SSSR count). The molecule has 1 saturated heterocycles. The minimum absolute atomic E-state index is 0. The zero-order chi connectivity index (χ0) is 28.9. The first-order chi connectivity index (χ1) is 19.7. The van der Waals surface area contributed by atoms with Crippen molar-refractivity contribution in [2.45, 2.75) is 70.0 Å². The topological polar surface area (TPSA) is 109 Å². The lowest BCUT2D eigenvalue weighted by Crippen LogP contribution is -2.39. The summed E-state index contributed by atoms with van der Waals surface area (Å²) in [7, 11) is -3.73. The second kappa shape index (κ2) is 11.7. The van der Waals surface area contributed by atoms with E-state index in [2.05, 4.69) is 15.2 Å². The van der Waals surface area contributed by atoms with E-state index < -0.39 is 21.9 Å². The first-order valence-corrected chi connectivity index (χ1v) is 15.6. The van der Waals surface area contributed by atoms with Crippen LogP contribution in [0.15, 0.2) is 59.5 Å². The number of nitrogens with zero attached hydrogens (tertiary/aromatic N) is 5. The molecule has 1 aromatic heterocycles. The van der Waals surface area contributed by atoms with Gasteiger partial charge < -0.3 is 10.0 Å². The third kappa shape index (κ3) is 5.18. The highest BCUT2D eigenvalue weighted by atomic mass is 32.2. The van der Waals surface area contributed by atoms with E-state index in [0.717, 1.165) is 63.9 Å². The fraction of sp³-hybridized carbons (Fsp3) is 0.387. The van der Waals surface area contributed by atoms with Gasteiger partial charge in [0, 0.05) is 38.1 Å². The van der Waals surface area contributed by atoms with E-state index in [4.69, 9.17) is 0 Å². The molecule has 2 aliphatic heterocycles. The number of carboxylic acid groups (broad SMARTS) is 1. The van der Waals surface area contributed by atoms with Crippen molar-refractivity contribution in [3.8, 4) is 0 Å². The molecule has 4 aromatic rings. The number of anilines is 1. The normalized spacial score (nSPS) is 18.6. The number of hydrogen-bond donors (Lipinski definition) is 1. The molecule has 9 nitrogen and oxygen atoms in total. The van der Waals surface area contributed by atoms with Crippen molar-refractivity contribution in [3.63, 3.8) is 0 Å². The van der Waals surface area contributed by atoms with Crippen molar-refractivity contribution < 1.29 is 18.3 Å². The molecule has 2 atom stereocenters. The lowest BCUT2D eigenvalue weighted by molar-refractivity contribution is -0.137. The molecule has 0 radical (unpaired) electrons. The number of hydrogen-bond acceptors (Lipinski definition) is 6. The van der Waals surface area contributed by atoms with Crippen LogP contribution in [-0.4, -0.2) is 57.9 Å². The smallest absolute Gasteiger partial charge is 0.304 e. The second-order valence-electron chi connectivity index (χ2n) is 11.1. The number of aromatic nitrogens is 3. The third-order valence-electron chi connectivity index (χ3n) is 8.74. The maximum atomic E-state index is 14.0. The monoisotopic (exact) mass is 607 g/mol. The van der Waals surface area contributed by atoms with Crippen LogP contribution in [0.4, 0.5) is 5.69 Å². The third-order valence-corrected chi connectivity index (χ3v) is 10.6. The SMILES string of the molecule is CCn1nnc2c(C)c([C@@H](CC(=O)O)c3ccc(C)c(CN4C[C@@H]5CCCN5c5ccccc5S4(=O)=O)c3)ccc21.S. The zero-order valence-electron chi connectivity index (χ0n) is 24.1. The van der Waals surface area contributed by atoms with E-state index in [1.807, 2.05) is 67.9 Å². The fourth-order valence-electron chi connectivity index (χ4n) is 6.52. The van der Waals surface area contributed by atoms with Gasteiger partial charge in [0.15, 0.2) is 0 Å². The van der Waals surface area contributed by atoms with Crippen LogP contribution in [-0.2, 0) is 27.9 Å². The molecule has 0 unspecified atom stereocenters. The van der Waals surface area contributed by atoms with Gasteiger partial charge in [0.1, 0.15) is 10.4 Å². The summed E-state index contributed by atoms with van der Waals surface area (Å²) < 4.78 is 31.4. The van der Waals surface area contributed by atoms with Gasteiger partial charge in [0.2, 0.25) is 10.0 Å². The molecule has 3 aromatic carbocycles. The quantitative estimate of drug-likeness (QED) is 0.316. The Hall–Kier alpha value is -3.41. The van der Waals surface area contributed by atoms with Gasteiger partial charge in [-0.3, -0.25) is 4.79 Å². The minimum atomic E-state index is -3.73. The van der Waals surface area contributed by atoms with Gasteiger partial charge in [-0.2, -0.15) is 17.8 Å². The maximum Gasteiger partial charge on any atom is 0.304 e. The van der Waals surface area contributed by atoms with Crippen LogP contribution in [0.1, 0.15) is 59.9 Å². The van der Waals surface area contributed by atoms with Crippen LogP contribution in [0.2, 0.25) is 0 Å². The van der Waals surface area contributed by atoms with Crippen molar-refractivity contribution in [1.29, 1.82) is 0 Å². The molecule has 3 heterocycles. The summed E-state index contributed by atoms with van der Waals surface area (Å²) in [4.78, 5) is 14.7. The Labute approximate surface area is 253 Å². The predicted molar refractivity (Wildman–Crippen MR) is 168 cm³/mol. The van der Waals surface area contributed by atoms with Gasteiger partial charge in [-0.15, -0.1) is 5.10 Å². The highest BCUT2D eigenvalue weighted by molar-refractivity contribution is 7.89. The molecular formula is C31H37N5O4S2. The lowest BCUT2D eigenvalue weighted by atomic mass is 9.84. The molecule has 0 aliphatic carbocycles.